The Morgan fingerprint density at radius 3 is 2.78 bits per heavy atom. The lowest BCUT2D eigenvalue weighted by atomic mass is 10.1. The van der Waals surface area contributed by atoms with Gasteiger partial charge in [0.15, 0.2) is 9.84 Å². The zero-order valence-corrected chi connectivity index (χ0v) is 11.3. The maximum Gasteiger partial charge on any atom is 0.152 e. The van der Waals surface area contributed by atoms with Crippen LogP contribution in [0.2, 0.25) is 5.02 Å². The molecule has 0 amide bonds. The summed E-state index contributed by atoms with van der Waals surface area (Å²) in [7, 11) is -2.95. The third kappa shape index (κ3) is 2.77. The van der Waals surface area contributed by atoms with E-state index in [0.717, 1.165) is 5.69 Å². The summed E-state index contributed by atoms with van der Waals surface area (Å²) >= 11 is 5.98. The SMILES string of the molecule is N#Cc1c(Cl)cccc1N1CCCS(=O)(=O)CC1. The van der Waals surface area contributed by atoms with Crippen LogP contribution in [0.25, 0.3) is 0 Å². The lowest BCUT2D eigenvalue weighted by Crippen LogP contribution is -2.27. The molecule has 0 bridgehead atoms. The van der Waals surface area contributed by atoms with Crippen LogP contribution in [0.1, 0.15) is 12.0 Å². The maximum atomic E-state index is 11.6. The molecule has 1 saturated heterocycles. The third-order valence-corrected chi connectivity index (χ3v) is 5.03. The Bertz CT molecular complexity index is 593. The maximum absolute atomic E-state index is 11.6. The molecule has 4 nitrogen and oxygen atoms in total. The van der Waals surface area contributed by atoms with Crippen molar-refractivity contribution in [3.63, 3.8) is 0 Å². The molecule has 1 aromatic rings. The second kappa shape index (κ2) is 5.17. The van der Waals surface area contributed by atoms with E-state index >= 15 is 0 Å². The van der Waals surface area contributed by atoms with Crippen LogP contribution < -0.4 is 4.90 Å². The van der Waals surface area contributed by atoms with Crippen LogP contribution in [-0.2, 0) is 9.84 Å². The van der Waals surface area contributed by atoms with Gasteiger partial charge in [0.25, 0.3) is 0 Å². The molecule has 2 rings (SSSR count). The Balaban J connectivity index is 2.33. The number of halogens is 1. The fraction of sp³-hybridized carbons (Fsp3) is 0.417. The van der Waals surface area contributed by atoms with E-state index in [1.54, 1.807) is 12.1 Å². The average molecular weight is 285 g/mol. The molecule has 0 unspecified atom stereocenters. The molecule has 1 aliphatic heterocycles. The highest BCUT2D eigenvalue weighted by molar-refractivity contribution is 7.91. The molecule has 1 aliphatic rings. The van der Waals surface area contributed by atoms with Crippen molar-refractivity contribution in [1.29, 1.82) is 5.26 Å². The van der Waals surface area contributed by atoms with Crippen molar-refractivity contribution in [3.05, 3.63) is 28.8 Å². The molecule has 96 valence electrons. The molecule has 0 N–H and O–H groups in total. The van der Waals surface area contributed by atoms with Crippen molar-refractivity contribution in [2.24, 2.45) is 0 Å². The molecular formula is C12H13ClN2O2S. The van der Waals surface area contributed by atoms with Crippen LogP contribution in [0, 0.1) is 11.3 Å². The van der Waals surface area contributed by atoms with Gasteiger partial charge in [0.05, 0.1) is 27.8 Å². The Hall–Kier alpha value is -1.25. The largest absolute Gasteiger partial charge is 0.369 e. The van der Waals surface area contributed by atoms with Gasteiger partial charge in [-0.3, -0.25) is 0 Å². The first-order valence-corrected chi connectivity index (χ1v) is 7.87. The lowest BCUT2D eigenvalue weighted by Gasteiger charge is -2.23. The summed E-state index contributed by atoms with van der Waals surface area (Å²) in [6.07, 6.45) is 0.583. The van der Waals surface area contributed by atoms with Gasteiger partial charge >= 0.3 is 0 Å². The van der Waals surface area contributed by atoms with Crippen molar-refractivity contribution < 1.29 is 8.42 Å². The van der Waals surface area contributed by atoms with Crippen molar-refractivity contribution in [2.45, 2.75) is 6.42 Å². The smallest absolute Gasteiger partial charge is 0.152 e. The molecule has 18 heavy (non-hydrogen) atoms. The molecule has 1 fully saturated rings. The minimum absolute atomic E-state index is 0.129. The van der Waals surface area contributed by atoms with Gasteiger partial charge in [0.2, 0.25) is 0 Å². The Morgan fingerprint density at radius 1 is 1.28 bits per heavy atom. The van der Waals surface area contributed by atoms with Gasteiger partial charge in [0.1, 0.15) is 6.07 Å². The summed E-state index contributed by atoms with van der Waals surface area (Å²) in [4.78, 5) is 1.93. The number of sulfone groups is 1. The summed E-state index contributed by atoms with van der Waals surface area (Å²) < 4.78 is 23.1. The van der Waals surface area contributed by atoms with Gasteiger partial charge in [-0.25, -0.2) is 8.42 Å². The van der Waals surface area contributed by atoms with Gasteiger partial charge in [-0.1, -0.05) is 17.7 Å². The van der Waals surface area contributed by atoms with Crippen LogP contribution in [-0.4, -0.2) is 33.0 Å². The van der Waals surface area contributed by atoms with Crippen LogP contribution >= 0.6 is 11.6 Å². The molecule has 0 saturated carbocycles. The second-order valence-electron chi connectivity index (χ2n) is 4.24. The molecule has 6 heteroatoms. The van der Waals surface area contributed by atoms with Crippen molar-refractivity contribution >= 4 is 27.1 Å². The highest BCUT2D eigenvalue weighted by atomic mass is 35.5. The zero-order valence-electron chi connectivity index (χ0n) is 9.76. The summed E-state index contributed by atoms with van der Waals surface area (Å²) in [5.41, 5.74) is 1.14. The number of hydrogen-bond donors (Lipinski definition) is 0. The first-order valence-electron chi connectivity index (χ1n) is 5.67. The average Bonchev–Trinajstić information content (AvgIpc) is 2.50. The minimum atomic E-state index is -2.95. The fourth-order valence-electron chi connectivity index (χ4n) is 2.07. The highest BCUT2D eigenvalue weighted by Gasteiger charge is 2.21. The fourth-order valence-corrected chi connectivity index (χ4v) is 3.55. The summed E-state index contributed by atoms with van der Waals surface area (Å²) in [5, 5.41) is 9.53. The number of rotatable bonds is 1. The Labute approximate surface area is 112 Å². The predicted molar refractivity (Wildman–Crippen MR) is 71.7 cm³/mol. The molecule has 1 heterocycles. The minimum Gasteiger partial charge on any atom is -0.369 e. The van der Waals surface area contributed by atoms with E-state index < -0.39 is 9.84 Å². The van der Waals surface area contributed by atoms with Gasteiger partial charge in [-0.2, -0.15) is 5.26 Å². The predicted octanol–water partition coefficient (Wildman–Crippen LogP) is 1.84. The summed E-state index contributed by atoms with van der Waals surface area (Å²) in [6.45, 7) is 1.05. The Morgan fingerprint density at radius 2 is 2.06 bits per heavy atom. The standard InChI is InChI=1S/C12H13ClN2O2S/c13-11-3-1-4-12(10(11)9-14)15-5-2-7-18(16,17)8-6-15/h1,3-4H,2,5-8H2. The number of nitriles is 1. The molecule has 0 radical (unpaired) electrons. The van der Waals surface area contributed by atoms with Crippen LogP contribution in [0.4, 0.5) is 5.69 Å². The number of anilines is 1. The Kier molecular flexibility index (Phi) is 3.79. The highest BCUT2D eigenvalue weighted by Crippen LogP contribution is 2.27. The van der Waals surface area contributed by atoms with E-state index in [9.17, 15) is 8.42 Å². The normalized spacial score (nSPS) is 19.0. The molecule has 0 spiro atoms. The van der Waals surface area contributed by atoms with Crippen LogP contribution in [0.15, 0.2) is 18.2 Å². The monoisotopic (exact) mass is 284 g/mol. The number of hydrogen-bond acceptors (Lipinski definition) is 4. The number of benzene rings is 1. The quantitative estimate of drug-likeness (QED) is 0.789. The second-order valence-corrected chi connectivity index (χ2v) is 6.95. The van der Waals surface area contributed by atoms with Gasteiger partial charge in [-0.05, 0) is 18.6 Å². The van der Waals surface area contributed by atoms with Gasteiger partial charge < -0.3 is 4.90 Å². The number of nitrogens with zero attached hydrogens (tertiary/aromatic N) is 2. The summed E-state index contributed by atoms with van der Waals surface area (Å²) in [5.74, 6) is 0.344. The van der Waals surface area contributed by atoms with E-state index in [4.69, 9.17) is 16.9 Å². The van der Waals surface area contributed by atoms with Gasteiger partial charge in [-0.15, -0.1) is 0 Å². The van der Waals surface area contributed by atoms with Crippen LogP contribution in [0.3, 0.4) is 0 Å². The molecule has 1 aromatic carbocycles. The topological polar surface area (TPSA) is 61.2 Å². The van der Waals surface area contributed by atoms with Gasteiger partial charge in [0, 0.05) is 13.1 Å². The van der Waals surface area contributed by atoms with E-state index in [1.165, 1.54) is 0 Å². The van der Waals surface area contributed by atoms with E-state index in [0.29, 0.717) is 30.1 Å². The summed E-state index contributed by atoms with van der Waals surface area (Å²) in [6, 6.07) is 7.33. The third-order valence-electron chi connectivity index (χ3n) is 3.00. The molecule has 0 aliphatic carbocycles. The lowest BCUT2D eigenvalue weighted by molar-refractivity contribution is 0.597. The molecule has 0 aromatic heterocycles. The van der Waals surface area contributed by atoms with Crippen molar-refractivity contribution in [3.8, 4) is 6.07 Å². The van der Waals surface area contributed by atoms with Crippen molar-refractivity contribution in [2.75, 3.05) is 29.5 Å². The molecular weight excluding hydrogens is 272 g/mol. The van der Waals surface area contributed by atoms with Crippen LogP contribution in [0.5, 0.6) is 0 Å². The molecule has 0 atom stereocenters. The van der Waals surface area contributed by atoms with E-state index in [2.05, 4.69) is 6.07 Å². The van der Waals surface area contributed by atoms with E-state index in [1.807, 2.05) is 11.0 Å². The first-order chi connectivity index (χ1) is 8.53. The van der Waals surface area contributed by atoms with Crippen molar-refractivity contribution in [1.82, 2.24) is 0 Å². The zero-order chi connectivity index (χ0) is 13.2. The van der Waals surface area contributed by atoms with E-state index in [-0.39, 0.29) is 11.5 Å². The first kappa shape index (κ1) is 13.2.